The lowest BCUT2D eigenvalue weighted by Crippen LogP contribution is -2.39. The lowest BCUT2D eigenvalue weighted by atomic mass is 9.86. The highest BCUT2D eigenvalue weighted by molar-refractivity contribution is 5.77. The Morgan fingerprint density at radius 2 is 2.18 bits per heavy atom. The molecule has 4 heteroatoms. The number of hydrogen-bond acceptors (Lipinski definition) is 3. The van der Waals surface area contributed by atoms with E-state index in [1.807, 2.05) is 6.92 Å². The fourth-order valence-electron chi connectivity index (χ4n) is 2.26. The number of nitrogens with two attached hydrogens (primary N) is 1. The van der Waals surface area contributed by atoms with Gasteiger partial charge < -0.3 is 15.8 Å². The van der Waals surface area contributed by atoms with E-state index in [0.29, 0.717) is 12.5 Å². The topological polar surface area (TPSA) is 64.3 Å². The van der Waals surface area contributed by atoms with Crippen LogP contribution in [0.1, 0.15) is 46.0 Å². The van der Waals surface area contributed by atoms with Crippen LogP contribution in [0, 0.1) is 5.92 Å². The molecule has 0 saturated heterocycles. The average Bonchev–Trinajstić information content (AvgIpc) is 2.36. The van der Waals surface area contributed by atoms with Gasteiger partial charge in [-0.2, -0.15) is 0 Å². The van der Waals surface area contributed by atoms with Crippen molar-refractivity contribution in [1.29, 1.82) is 0 Å². The number of nitrogens with one attached hydrogen (secondary N) is 1. The summed E-state index contributed by atoms with van der Waals surface area (Å²) in [5.41, 5.74) is 5.72. The summed E-state index contributed by atoms with van der Waals surface area (Å²) in [7, 11) is 0. The third-order valence-electron chi connectivity index (χ3n) is 3.59. The van der Waals surface area contributed by atoms with Crippen LogP contribution < -0.4 is 11.1 Å². The molecule has 17 heavy (non-hydrogen) atoms. The van der Waals surface area contributed by atoms with E-state index in [-0.39, 0.29) is 24.7 Å². The third-order valence-corrected chi connectivity index (χ3v) is 3.59. The van der Waals surface area contributed by atoms with Crippen molar-refractivity contribution in [2.45, 2.75) is 58.1 Å². The summed E-state index contributed by atoms with van der Waals surface area (Å²) in [5.74, 6) is 0.417. The van der Waals surface area contributed by atoms with Gasteiger partial charge in [0.25, 0.3) is 0 Å². The fraction of sp³-hybridized carbons (Fsp3) is 0.923. The van der Waals surface area contributed by atoms with Gasteiger partial charge in [0.1, 0.15) is 6.61 Å². The summed E-state index contributed by atoms with van der Waals surface area (Å²) in [5, 5.41) is 2.91. The average molecular weight is 242 g/mol. The van der Waals surface area contributed by atoms with E-state index in [9.17, 15) is 4.79 Å². The molecule has 3 unspecified atom stereocenters. The predicted molar refractivity (Wildman–Crippen MR) is 68.6 cm³/mol. The highest BCUT2D eigenvalue weighted by Crippen LogP contribution is 2.25. The van der Waals surface area contributed by atoms with E-state index < -0.39 is 0 Å². The second-order valence-electron chi connectivity index (χ2n) is 5.01. The molecule has 100 valence electrons. The number of hydrogen-bond donors (Lipinski definition) is 2. The van der Waals surface area contributed by atoms with Gasteiger partial charge in [0.2, 0.25) is 5.91 Å². The third kappa shape index (κ3) is 5.04. The van der Waals surface area contributed by atoms with Crippen LogP contribution in [0.15, 0.2) is 0 Å². The minimum absolute atomic E-state index is 0.0132. The molecule has 0 aromatic heterocycles. The Morgan fingerprint density at radius 1 is 1.47 bits per heavy atom. The van der Waals surface area contributed by atoms with Crippen molar-refractivity contribution in [3.8, 4) is 0 Å². The van der Waals surface area contributed by atoms with E-state index in [0.717, 1.165) is 19.3 Å². The SMILES string of the molecule is CCC(C)NC(=O)COC1CCCCC1CN. The summed E-state index contributed by atoms with van der Waals surface area (Å²) in [6, 6.07) is 0.225. The summed E-state index contributed by atoms with van der Waals surface area (Å²) < 4.78 is 5.70. The maximum atomic E-state index is 11.6. The van der Waals surface area contributed by atoms with Crippen LogP contribution in [0.2, 0.25) is 0 Å². The van der Waals surface area contributed by atoms with Crippen LogP contribution in [0.25, 0.3) is 0 Å². The molecule has 1 rings (SSSR count). The first-order valence-electron chi connectivity index (χ1n) is 6.78. The van der Waals surface area contributed by atoms with Gasteiger partial charge in [-0.15, -0.1) is 0 Å². The number of carbonyl (C=O) groups is 1. The molecule has 0 aliphatic heterocycles. The van der Waals surface area contributed by atoms with Crippen LogP contribution >= 0.6 is 0 Å². The Labute approximate surface area is 104 Å². The number of amides is 1. The maximum absolute atomic E-state index is 11.6. The first-order valence-corrected chi connectivity index (χ1v) is 6.78. The van der Waals surface area contributed by atoms with Gasteiger partial charge in [0.15, 0.2) is 0 Å². The van der Waals surface area contributed by atoms with Crippen molar-refractivity contribution in [2.24, 2.45) is 11.7 Å². The molecular weight excluding hydrogens is 216 g/mol. The molecule has 0 spiro atoms. The van der Waals surface area contributed by atoms with Gasteiger partial charge in [0, 0.05) is 6.04 Å². The molecule has 4 nitrogen and oxygen atoms in total. The van der Waals surface area contributed by atoms with Gasteiger partial charge in [0.05, 0.1) is 6.10 Å². The van der Waals surface area contributed by atoms with Crippen molar-refractivity contribution < 1.29 is 9.53 Å². The van der Waals surface area contributed by atoms with E-state index in [1.165, 1.54) is 12.8 Å². The molecule has 1 fully saturated rings. The molecular formula is C13H26N2O2. The van der Waals surface area contributed by atoms with Crippen molar-refractivity contribution in [1.82, 2.24) is 5.32 Å². The van der Waals surface area contributed by atoms with Crippen molar-refractivity contribution in [3.05, 3.63) is 0 Å². The van der Waals surface area contributed by atoms with Crippen molar-refractivity contribution in [2.75, 3.05) is 13.2 Å². The lowest BCUT2D eigenvalue weighted by Gasteiger charge is -2.30. The molecule has 3 atom stereocenters. The smallest absolute Gasteiger partial charge is 0.246 e. The Balaban J connectivity index is 2.26. The summed E-state index contributed by atoms with van der Waals surface area (Å²) >= 11 is 0. The summed E-state index contributed by atoms with van der Waals surface area (Å²) in [6.45, 7) is 4.89. The van der Waals surface area contributed by atoms with E-state index >= 15 is 0 Å². The minimum atomic E-state index is -0.0132. The van der Waals surface area contributed by atoms with Gasteiger partial charge in [-0.3, -0.25) is 4.79 Å². The second-order valence-corrected chi connectivity index (χ2v) is 5.01. The fourth-order valence-corrected chi connectivity index (χ4v) is 2.26. The van der Waals surface area contributed by atoms with Gasteiger partial charge in [-0.25, -0.2) is 0 Å². The molecule has 1 aliphatic carbocycles. The number of carbonyl (C=O) groups excluding carboxylic acids is 1. The first-order chi connectivity index (χ1) is 8.17. The zero-order valence-corrected chi connectivity index (χ0v) is 11.1. The Morgan fingerprint density at radius 3 is 2.82 bits per heavy atom. The van der Waals surface area contributed by atoms with Crippen molar-refractivity contribution >= 4 is 5.91 Å². The van der Waals surface area contributed by atoms with Crippen molar-refractivity contribution in [3.63, 3.8) is 0 Å². The Hall–Kier alpha value is -0.610. The normalized spacial score (nSPS) is 26.5. The minimum Gasteiger partial charge on any atom is -0.368 e. The molecule has 0 aromatic carbocycles. The quantitative estimate of drug-likeness (QED) is 0.740. The Bertz CT molecular complexity index is 233. The molecule has 1 aliphatic rings. The number of rotatable bonds is 6. The van der Waals surface area contributed by atoms with Crippen LogP contribution in [0.4, 0.5) is 0 Å². The maximum Gasteiger partial charge on any atom is 0.246 e. The second kappa shape index (κ2) is 7.67. The number of ether oxygens (including phenoxy) is 1. The lowest BCUT2D eigenvalue weighted by molar-refractivity contribution is -0.130. The molecule has 0 aromatic rings. The van der Waals surface area contributed by atoms with E-state index in [4.69, 9.17) is 10.5 Å². The summed E-state index contributed by atoms with van der Waals surface area (Å²) in [6.07, 6.45) is 5.72. The monoisotopic (exact) mass is 242 g/mol. The van der Waals surface area contributed by atoms with Crippen LogP contribution in [0.3, 0.4) is 0 Å². The zero-order chi connectivity index (χ0) is 12.7. The molecule has 0 radical (unpaired) electrons. The highest BCUT2D eigenvalue weighted by atomic mass is 16.5. The van der Waals surface area contributed by atoms with Gasteiger partial charge >= 0.3 is 0 Å². The predicted octanol–water partition coefficient (Wildman–Crippen LogP) is 1.44. The molecule has 0 heterocycles. The van der Waals surface area contributed by atoms with Crippen LogP contribution in [-0.4, -0.2) is 31.2 Å². The molecule has 0 bridgehead atoms. The van der Waals surface area contributed by atoms with Gasteiger partial charge in [-0.05, 0) is 38.6 Å². The van der Waals surface area contributed by atoms with Crippen LogP contribution in [-0.2, 0) is 9.53 Å². The van der Waals surface area contributed by atoms with E-state index in [1.54, 1.807) is 0 Å². The molecule has 1 saturated carbocycles. The van der Waals surface area contributed by atoms with Gasteiger partial charge in [-0.1, -0.05) is 19.8 Å². The molecule has 3 N–H and O–H groups in total. The highest BCUT2D eigenvalue weighted by Gasteiger charge is 2.25. The zero-order valence-electron chi connectivity index (χ0n) is 11.1. The largest absolute Gasteiger partial charge is 0.368 e. The van der Waals surface area contributed by atoms with Crippen LogP contribution in [0.5, 0.6) is 0 Å². The Kier molecular flexibility index (Phi) is 6.52. The standard InChI is InChI=1S/C13H26N2O2/c1-3-10(2)15-13(16)9-17-12-7-5-4-6-11(12)8-14/h10-12H,3-9,14H2,1-2H3,(H,15,16). The first kappa shape index (κ1) is 14.5. The summed E-state index contributed by atoms with van der Waals surface area (Å²) in [4.78, 5) is 11.6. The van der Waals surface area contributed by atoms with E-state index in [2.05, 4.69) is 12.2 Å². The molecule has 1 amide bonds.